The van der Waals surface area contributed by atoms with Gasteiger partial charge in [0.2, 0.25) is 5.91 Å². The first-order chi connectivity index (χ1) is 7.70. The van der Waals surface area contributed by atoms with Crippen LogP contribution in [0.3, 0.4) is 0 Å². The van der Waals surface area contributed by atoms with Crippen molar-refractivity contribution < 1.29 is 4.79 Å². The van der Waals surface area contributed by atoms with Gasteiger partial charge in [0.15, 0.2) is 0 Å². The van der Waals surface area contributed by atoms with Gasteiger partial charge in [-0.15, -0.1) is 12.4 Å². The molecule has 0 bridgehead atoms. The number of nitrogens with zero attached hydrogens (tertiary/aromatic N) is 1. The molecule has 2 aliphatic rings. The van der Waals surface area contributed by atoms with Gasteiger partial charge in [-0.1, -0.05) is 6.92 Å². The van der Waals surface area contributed by atoms with Crippen molar-refractivity contribution in [1.82, 2.24) is 10.2 Å². The van der Waals surface area contributed by atoms with Crippen molar-refractivity contribution in [2.45, 2.75) is 58.0 Å². The predicted octanol–water partition coefficient (Wildman–Crippen LogP) is 2.20. The van der Waals surface area contributed by atoms with Crippen molar-refractivity contribution >= 4 is 18.3 Å². The number of rotatable bonds is 7. The minimum Gasteiger partial charge on any atom is -0.341 e. The molecule has 2 saturated carbocycles. The number of carbonyl (C=O) groups excluding carboxylic acids is 1. The topological polar surface area (TPSA) is 32.3 Å². The smallest absolute Gasteiger partial charge is 0.239 e. The molecule has 1 N–H and O–H groups in total. The van der Waals surface area contributed by atoms with Crippen LogP contribution in [-0.2, 0) is 4.79 Å². The Balaban J connectivity index is 0.00000144. The molecule has 17 heavy (non-hydrogen) atoms. The van der Waals surface area contributed by atoms with Gasteiger partial charge < -0.3 is 10.2 Å². The quantitative estimate of drug-likeness (QED) is 0.761. The van der Waals surface area contributed by atoms with E-state index < -0.39 is 0 Å². The van der Waals surface area contributed by atoms with Gasteiger partial charge in [-0.2, -0.15) is 0 Å². The molecule has 0 heterocycles. The minimum absolute atomic E-state index is 0. The van der Waals surface area contributed by atoms with E-state index in [1.807, 2.05) is 6.92 Å². The number of hydrogen-bond donors (Lipinski definition) is 1. The van der Waals surface area contributed by atoms with Gasteiger partial charge in [0, 0.05) is 19.1 Å². The molecule has 0 aliphatic heterocycles. The van der Waals surface area contributed by atoms with E-state index in [9.17, 15) is 4.79 Å². The summed E-state index contributed by atoms with van der Waals surface area (Å²) in [5.41, 5.74) is 0. The maximum absolute atomic E-state index is 12.2. The van der Waals surface area contributed by atoms with Crippen LogP contribution in [0.4, 0.5) is 0 Å². The Hall–Kier alpha value is -0.280. The zero-order valence-electron chi connectivity index (χ0n) is 10.9. The lowest BCUT2D eigenvalue weighted by molar-refractivity contribution is -0.133. The Bertz CT molecular complexity index is 252. The Kier molecular flexibility index (Phi) is 5.74. The fourth-order valence-electron chi connectivity index (χ4n) is 2.12. The molecule has 1 atom stereocenters. The molecule has 0 spiro atoms. The van der Waals surface area contributed by atoms with Gasteiger partial charge in [0.1, 0.15) is 0 Å². The highest BCUT2D eigenvalue weighted by Crippen LogP contribution is 2.30. The van der Waals surface area contributed by atoms with Gasteiger partial charge >= 0.3 is 0 Å². The molecule has 3 nitrogen and oxygen atoms in total. The standard InChI is InChI=1S/C13H24N2O.ClH/c1-3-8-15(9-11-4-5-11)13(16)10(2)14-12-6-7-12;/h10-12,14H,3-9H2,1-2H3;1H. The second kappa shape index (κ2) is 6.60. The summed E-state index contributed by atoms with van der Waals surface area (Å²) in [7, 11) is 0. The third-order valence-electron chi connectivity index (χ3n) is 3.41. The summed E-state index contributed by atoms with van der Waals surface area (Å²) in [4.78, 5) is 14.3. The second-order valence-corrected chi connectivity index (χ2v) is 5.39. The average Bonchev–Trinajstić information content (AvgIpc) is 3.10. The van der Waals surface area contributed by atoms with Crippen LogP contribution < -0.4 is 5.32 Å². The Morgan fingerprint density at radius 2 is 2.00 bits per heavy atom. The molecule has 0 aromatic carbocycles. The third-order valence-corrected chi connectivity index (χ3v) is 3.41. The summed E-state index contributed by atoms with van der Waals surface area (Å²) in [5, 5.41) is 3.39. The SMILES string of the molecule is CCCN(CC1CC1)C(=O)C(C)NC1CC1.Cl. The van der Waals surface area contributed by atoms with Gasteiger partial charge in [0.25, 0.3) is 0 Å². The van der Waals surface area contributed by atoms with Crippen molar-refractivity contribution in [3.63, 3.8) is 0 Å². The lowest BCUT2D eigenvalue weighted by Crippen LogP contribution is -2.46. The summed E-state index contributed by atoms with van der Waals surface area (Å²) in [6.07, 6.45) is 6.19. The number of amides is 1. The highest BCUT2D eigenvalue weighted by Gasteiger charge is 2.31. The van der Waals surface area contributed by atoms with Gasteiger partial charge in [-0.25, -0.2) is 0 Å². The van der Waals surface area contributed by atoms with Gasteiger partial charge in [-0.3, -0.25) is 4.79 Å². The van der Waals surface area contributed by atoms with E-state index in [1.54, 1.807) is 0 Å². The van der Waals surface area contributed by atoms with Crippen molar-refractivity contribution in [3.8, 4) is 0 Å². The van der Waals surface area contributed by atoms with Crippen LogP contribution in [0.5, 0.6) is 0 Å². The Morgan fingerprint density at radius 1 is 1.35 bits per heavy atom. The zero-order chi connectivity index (χ0) is 11.5. The first-order valence-electron chi connectivity index (χ1n) is 6.75. The minimum atomic E-state index is 0. The van der Waals surface area contributed by atoms with Crippen LogP contribution in [0, 0.1) is 5.92 Å². The number of halogens is 1. The molecular weight excluding hydrogens is 236 g/mol. The first-order valence-corrected chi connectivity index (χ1v) is 6.75. The summed E-state index contributed by atoms with van der Waals surface area (Å²) in [6, 6.07) is 0.626. The number of nitrogens with one attached hydrogen (secondary N) is 1. The highest BCUT2D eigenvalue weighted by atomic mass is 35.5. The number of hydrogen-bond acceptors (Lipinski definition) is 2. The molecular formula is C13H25ClN2O. The van der Waals surface area contributed by atoms with Gasteiger partial charge in [0.05, 0.1) is 6.04 Å². The monoisotopic (exact) mass is 260 g/mol. The van der Waals surface area contributed by atoms with E-state index >= 15 is 0 Å². The molecule has 2 rings (SSSR count). The Morgan fingerprint density at radius 3 is 2.47 bits per heavy atom. The molecule has 1 amide bonds. The molecule has 100 valence electrons. The summed E-state index contributed by atoms with van der Waals surface area (Å²) in [6.45, 7) is 6.07. The van der Waals surface area contributed by atoms with Crippen molar-refractivity contribution in [2.75, 3.05) is 13.1 Å². The fourth-order valence-corrected chi connectivity index (χ4v) is 2.12. The lowest BCUT2D eigenvalue weighted by Gasteiger charge is -2.26. The first kappa shape index (κ1) is 14.8. The molecule has 0 saturated heterocycles. The lowest BCUT2D eigenvalue weighted by atomic mass is 10.2. The van der Waals surface area contributed by atoms with E-state index in [0.29, 0.717) is 11.9 Å². The molecule has 2 aliphatic carbocycles. The van der Waals surface area contributed by atoms with Crippen molar-refractivity contribution in [1.29, 1.82) is 0 Å². The summed E-state index contributed by atoms with van der Waals surface area (Å²) < 4.78 is 0. The van der Waals surface area contributed by atoms with Crippen LogP contribution in [0.25, 0.3) is 0 Å². The van der Waals surface area contributed by atoms with Crippen LogP contribution in [0.15, 0.2) is 0 Å². The fraction of sp³-hybridized carbons (Fsp3) is 0.923. The van der Waals surface area contributed by atoms with E-state index in [-0.39, 0.29) is 18.4 Å². The van der Waals surface area contributed by atoms with Crippen molar-refractivity contribution in [2.24, 2.45) is 5.92 Å². The third kappa shape index (κ3) is 4.84. The molecule has 0 radical (unpaired) electrons. The van der Waals surface area contributed by atoms with E-state index in [0.717, 1.165) is 25.4 Å². The van der Waals surface area contributed by atoms with Crippen molar-refractivity contribution in [3.05, 3.63) is 0 Å². The molecule has 2 fully saturated rings. The summed E-state index contributed by atoms with van der Waals surface area (Å²) >= 11 is 0. The summed E-state index contributed by atoms with van der Waals surface area (Å²) in [5.74, 6) is 1.10. The van der Waals surface area contributed by atoms with Crippen LogP contribution in [0.2, 0.25) is 0 Å². The zero-order valence-corrected chi connectivity index (χ0v) is 11.8. The largest absolute Gasteiger partial charge is 0.341 e. The van der Waals surface area contributed by atoms with E-state index in [4.69, 9.17) is 0 Å². The van der Waals surface area contributed by atoms with Crippen LogP contribution in [-0.4, -0.2) is 36.0 Å². The highest BCUT2D eigenvalue weighted by molar-refractivity contribution is 5.85. The Labute approximate surface area is 111 Å². The van der Waals surface area contributed by atoms with Crippen LogP contribution in [0.1, 0.15) is 46.0 Å². The predicted molar refractivity (Wildman–Crippen MR) is 72.5 cm³/mol. The van der Waals surface area contributed by atoms with Gasteiger partial charge in [-0.05, 0) is 44.9 Å². The second-order valence-electron chi connectivity index (χ2n) is 5.39. The molecule has 4 heteroatoms. The molecule has 0 aromatic heterocycles. The maximum atomic E-state index is 12.2. The molecule has 1 unspecified atom stereocenters. The molecule has 0 aromatic rings. The van der Waals surface area contributed by atoms with E-state index in [2.05, 4.69) is 17.1 Å². The van der Waals surface area contributed by atoms with E-state index in [1.165, 1.54) is 25.7 Å². The van der Waals surface area contributed by atoms with Crippen LogP contribution >= 0.6 is 12.4 Å². The average molecular weight is 261 g/mol. The number of carbonyl (C=O) groups is 1. The maximum Gasteiger partial charge on any atom is 0.239 e. The normalized spacial score (nSPS) is 20.6.